The van der Waals surface area contributed by atoms with Crippen molar-refractivity contribution in [3.8, 4) is 11.5 Å². The third kappa shape index (κ3) is 2.35. The summed E-state index contributed by atoms with van der Waals surface area (Å²) in [5.74, 6) is 0.879. The van der Waals surface area contributed by atoms with Crippen LogP contribution in [0.1, 0.15) is 38.3 Å². The number of nitrogens with zero attached hydrogens (tertiary/aromatic N) is 1. The molecule has 2 unspecified atom stereocenters. The summed E-state index contributed by atoms with van der Waals surface area (Å²) in [6.07, 6.45) is 1.39. The number of rotatable bonds is 4. The van der Waals surface area contributed by atoms with E-state index in [1.165, 1.54) is 0 Å². The van der Waals surface area contributed by atoms with Crippen LogP contribution >= 0.6 is 0 Å². The molecule has 0 aliphatic carbocycles. The van der Waals surface area contributed by atoms with Crippen molar-refractivity contribution in [1.82, 2.24) is 4.90 Å². The average molecular weight is 291 g/mol. The van der Waals surface area contributed by atoms with E-state index in [1.807, 2.05) is 25.1 Å². The van der Waals surface area contributed by atoms with Gasteiger partial charge in [0.15, 0.2) is 11.5 Å². The molecule has 2 heterocycles. The zero-order valence-electron chi connectivity index (χ0n) is 12.5. The lowest BCUT2D eigenvalue weighted by atomic mass is 9.84. The van der Waals surface area contributed by atoms with Crippen molar-refractivity contribution in [2.45, 2.75) is 32.7 Å². The summed E-state index contributed by atoms with van der Waals surface area (Å²) in [6, 6.07) is 6.13. The Hall–Kier alpha value is -1.75. The van der Waals surface area contributed by atoms with Crippen molar-refractivity contribution < 1.29 is 19.4 Å². The van der Waals surface area contributed by atoms with E-state index in [9.17, 15) is 9.90 Å². The van der Waals surface area contributed by atoms with Gasteiger partial charge in [-0.2, -0.15) is 0 Å². The highest BCUT2D eigenvalue weighted by Crippen LogP contribution is 2.40. The van der Waals surface area contributed by atoms with Crippen LogP contribution in [0.3, 0.4) is 0 Å². The maximum atomic E-state index is 11.5. The number of likely N-dealkylation sites (tertiary alicyclic amines) is 1. The highest BCUT2D eigenvalue weighted by atomic mass is 16.7. The second kappa shape index (κ2) is 5.22. The molecule has 1 aromatic carbocycles. The monoisotopic (exact) mass is 291 g/mol. The Kier molecular flexibility index (Phi) is 3.53. The number of ether oxygens (including phenoxy) is 2. The molecule has 2 aliphatic rings. The molecule has 0 amide bonds. The molecule has 1 aromatic rings. The zero-order valence-corrected chi connectivity index (χ0v) is 12.5. The number of benzene rings is 1. The molecular formula is C16H21NO4. The van der Waals surface area contributed by atoms with E-state index >= 15 is 0 Å². The van der Waals surface area contributed by atoms with Crippen molar-refractivity contribution in [1.29, 1.82) is 0 Å². The van der Waals surface area contributed by atoms with Gasteiger partial charge in [0.1, 0.15) is 0 Å². The first-order chi connectivity index (χ1) is 10.1. The molecule has 1 fully saturated rings. The molecule has 2 atom stereocenters. The minimum absolute atomic E-state index is 0.173. The highest BCUT2D eigenvalue weighted by Gasteiger charge is 2.44. The molecule has 114 valence electrons. The van der Waals surface area contributed by atoms with Crippen molar-refractivity contribution in [3.05, 3.63) is 23.8 Å². The Bertz CT molecular complexity index is 559. The van der Waals surface area contributed by atoms with E-state index < -0.39 is 11.4 Å². The number of aliphatic carboxylic acids is 1. The van der Waals surface area contributed by atoms with Gasteiger partial charge in [0, 0.05) is 12.6 Å². The molecule has 0 radical (unpaired) electrons. The van der Waals surface area contributed by atoms with Gasteiger partial charge in [-0.25, -0.2) is 0 Å². The summed E-state index contributed by atoms with van der Waals surface area (Å²) >= 11 is 0. The van der Waals surface area contributed by atoms with Gasteiger partial charge in [-0.1, -0.05) is 13.0 Å². The Morgan fingerprint density at radius 1 is 1.43 bits per heavy atom. The van der Waals surface area contributed by atoms with Crippen LogP contribution < -0.4 is 9.47 Å². The van der Waals surface area contributed by atoms with Gasteiger partial charge in [-0.3, -0.25) is 9.69 Å². The normalized spacial score (nSPS) is 26.0. The van der Waals surface area contributed by atoms with Crippen LogP contribution in [0.4, 0.5) is 0 Å². The summed E-state index contributed by atoms with van der Waals surface area (Å²) in [5, 5.41) is 9.50. The average Bonchev–Trinajstić information content (AvgIpc) is 3.13. The second-order valence-electron chi connectivity index (χ2n) is 5.95. The number of carboxylic acids is 1. The summed E-state index contributed by atoms with van der Waals surface area (Å²) in [6.45, 7) is 5.77. The standard InChI is InChI=1S/C16H21NO4/c1-3-16(15(18)19)6-7-17(9-16)11(2)12-4-5-13-14(8-12)21-10-20-13/h4-5,8,11H,3,6-7,9-10H2,1-2H3,(H,18,19). The van der Waals surface area contributed by atoms with E-state index in [4.69, 9.17) is 9.47 Å². The SMILES string of the molecule is CCC1(C(=O)O)CCN(C(C)c2ccc3c(c2)OCO3)C1. The maximum Gasteiger partial charge on any atom is 0.310 e. The first kappa shape index (κ1) is 14.2. The van der Waals surface area contributed by atoms with Crippen LogP contribution in [0.25, 0.3) is 0 Å². The van der Waals surface area contributed by atoms with Crippen molar-refractivity contribution >= 4 is 5.97 Å². The predicted molar refractivity (Wildman–Crippen MR) is 77.5 cm³/mol. The van der Waals surface area contributed by atoms with Gasteiger partial charge in [-0.15, -0.1) is 0 Å². The number of carbonyl (C=O) groups is 1. The van der Waals surface area contributed by atoms with E-state index in [0.717, 1.165) is 23.6 Å². The first-order valence-corrected chi connectivity index (χ1v) is 7.43. The summed E-state index contributed by atoms with van der Waals surface area (Å²) < 4.78 is 10.7. The lowest BCUT2D eigenvalue weighted by molar-refractivity contribution is -0.148. The number of carboxylic acid groups (broad SMARTS) is 1. The molecule has 21 heavy (non-hydrogen) atoms. The predicted octanol–water partition coefficient (Wildman–Crippen LogP) is 2.66. The van der Waals surface area contributed by atoms with Gasteiger partial charge in [0.05, 0.1) is 5.41 Å². The van der Waals surface area contributed by atoms with Crippen LogP contribution in [0.2, 0.25) is 0 Å². The van der Waals surface area contributed by atoms with Gasteiger partial charge < -0.3 is 14.6 Å². The fourth-order valence-corrected chi connectivity index (χ4v) is 3.23. The topological polar surface area (TPSA) is 59.0 Å². The molecular weight excluding hydrogens is 270 g/mol. The van der Waals surface area contributed by atoms with E-state index in [2.05, 4.69) is 11.8 Å². The molecule has 5 heteroatoms. The Morgan fingerprint density at radius 3 is 2.86 bits per heavy atom. The molecule has 0 bridgehead atoms. The number of hydrogen-bond donors (Lipinski definition) is 1. The van der Waals surface area contributed by atoms with Gasteiger partial charge >= 0.3 is 5.97 Å². The van der Waals surface area contributed by atoms with Crippen molar-refractivity contribution in [2.75, 3.05) is 19.9 Å². The van der Waals surface area contributed by atoms with Crippen molar-refractivity contribution in [2.24, 2.45) is 5.41 Å². The van der Waals surface area contributed by atoms with Crippen LogP contribution in [-0.2, 0) is 4.79 Å². The lowest BCUT2D eigenvalue weighted by Gasteiger charge is -2.27. The molecule has 5 nitrogen and oxygen atoms in total. The van der Waals surface area contributed by atoms with E-state index in [1.54, 1.807) is 0 Å². The van der Waals surface area contributed by atoms with Crippen LogP contribution in [0, 0.1) is 5.41 Å². The molecule has 1 N–H and O–H groups in total. The Labute approximate surface area is 124 Å². The molecule has 0 saturated carbocycles. The molecule has 2 aliphatic heterocycles. The molecule has 0 aromatic heterocycles. The largest absolute Gasteiger partial charge is 0.481 e. The minimum Gasteiger partial charge on any atom is -0.481 e. The number of hydrogen-bond acceptors (Lipinski definition) is 4. The quantitative estimate of drug-likeness (QED) is 0.924. The first-order valence-electron chi connectivity index (χ1n) is 7.43. The molecule has 3 rings (SSSR count). The van der Waals surface area contributed by atoms with E-state index in [0.29, 0.717) is 19.4 Å². The molecule has 0 spiro atoms. The zero-order chi connectivity index (χ0) is 15.0. The summed E-state index contributed by atoms with van der Waals surface area (Å²) in [5.41, 5.74) is 0.543. The summed E-state index contributed by atoms with van der Waals surface area (Å²) in [7, 11) is 0. The van der Waals surface area contributed by atoms with Gasteiger partial charge in [0.25, 0.3) is 0 Å². The minimum atomic E-state index is -0.676. The van der Waals surface area contributed by atoms with Crippen LogP contribution in [-0.4, -0.2) is 35.9 Å². The second-order valence-corrected chi connectivity index (χ2v) is 5.95. The van der Waals surface area contributed by atoms with Crippen molar-refractivity contribution in [3.63, 3.8) is 0 Å². The van der Waals surface area contributed by atoms with E-state index in [-0.39, 0.29) is 12.8 Å². The maximum absolute atomic E-state index is 11.5. The Morgan fingerprint density at radius 2 is 2.19 bits per heavy atom. The fraction of sp³-hybridized carbons (Fsp3) is 0.562. The smallest absolute Gasteiger partial charge is 0.310 e. The fourth-order valence-electron chi connectivity index (χ4n) is 3.23. The molecule has 1 saturated heterocycles. The van der Waals surface area contributed by atoms with Crippen LogP contribution in [0.5, 0.6) is 11.5 Å². The van der Waals surface area contributed by atoms with Gasteiger partial charge in [0.2, 0.25) is 6.79 Å². The third-order valence-corrected chi connectivity index (χ3v) is 4.94. The highest BCUT2D eigenvalue weighted by molar-refractivity contribution is 5.75. The summed E-state index contributed by atoms with van der Waals surface area (Å²) in [4.78, 5) is 13.8. The lowest BCUT2D eigenvalue weighted by Crippen LogP contribution is -2.34. The number of fused-ring (bicyclic) bond motifs is 1. The van der Waals surface area contributed by atoms with Crippen LogP contribution in [0.15, 0.2) is 18.2 Å². The Balaban J connectivity index is 1.77. The third-order valence-electron chi connectivity index (χ3n) is 4.94. The van der Waals surface area contributed by atoms with Gasteiger partial charge in [-0.05, 0) is 44.0 Å².